The highest BCUT2D eigenvalue weighted by Gasteiger charge is 2.24. The molecule has 2 rings (SSSR count). The second kappa shape index (κ2) is 6.99. The zero-order valence-electron chi connectivity index (χ0n) is 13.1. The fourth-order valence-electron chi connectivity index (χ4n) is 1.98. The molecule has 0 bridgehead atoms. The summed E-state index contributed by atoms with van der Waals surface area (Å²) in [6.45, 7) is 1.64. The number of hydrogen-bond acceptors (Lipinski definition) is 5. The van der Waals surface area contributed by atoms with Crippen LogP contribution in [0.25, 0.3) is 0 Å². The van der Waals surface area contributed by atoms with E-state index in [1.54, 1.807) is 31.2 Å². The molecule has 23 heavy (non-hydrogen) atoms. The number of nitrogens with one attached hydrogen (secondary N) is 3. The number of anilines is 1. The highest BCUT2D eigenvalue weighted by molar-refractivity contribution is 7.89. The number of amides is 3. The summed E-state index contributed by atoms with van der Waals surface area (Å²) in [4.78, 5) is 23.4. The van der Waals surface area contributed by atoms with Crippen LogP contribution in [-0.4, -0.2) is 38.7 Å². The number of urea groups is 1. The molecule has 0 spiro atoms. The maximum absolute atomic E-state index is 11.9. The van der Waals surface area contributed by atoms with Gasteiger partial charge in [0, 0.05) is 18.0 Å². The summed E-state index contributed by atoms with van der Waals surface area (Å²) in [5.74, 6) is -0.451. The van der Waals surface area contributed by atoms with Gasteiger partial charge in [-0.25, -0.2) is 13.2 Å². The molecule has 0 heterocycles. The van der Waals surface area contributed by atoms with E-state index < -0.39 is 27.8 Å². The van der Waals surface area contributed by atoms with Crippen LogP contribution >= 0.6 is 0 Å². The Morgan fingerprint density at radius 2 is 1.83 bits per heavy atom. The van der Waals surface area contributed by atoms with Gasteiger partial charge in [-0.2, -0.15) is 0 Å². The second-order valence-corrected chi connectivity index (χ2v) is 8.01. The van der Waals surface area contributed by atoms with Gasteiger partial charge in [-0.1, -0.05) is 12.1 Å². The fraction of sp³-hybridized carbons (Fsp3) is 0.467. The average Bonchev–Trinajstić information content (AvgIpc) is 3.23. The van der Waals surface area contributed by atoms with Crippen molar-refractivity contribution in [3.8, 4) is 0 Å². The molecule has 3 amide bonds. The second-order valence-electron chi connectivity index (χ2n) is 5.87. The summed E-state index contributed by atoms with van der Waals surface area (Å²) in [6, 6.07) is 5.90. The van der Waals surface area contributed by atoms with E-state index in [0.717, 1.165) is 12.8 Å². The van der Waals surface area contributed by atoms with Gasteiger partial charge in [-0.05, 0) is 37.5 Å². The van der Waals surface area contributed by atoms with Crippen molar-refractivity contribution in [1.82, 2.24) is 10.6 Å². The molecule has 0 aliphatic heterocycles. The molecule has 0 saturated heterocycles. The van der Waals surface area contributed by atoms with Crippen molar-refractivity contribution in [2.24, 2.45) is 0 Å². The van der Waals surface area contributed by atoms with Gasteiger partial charge in [0.15, 0.2) is 9.84 Å². The van der Waals surface area contributed by atoms with Gasteiger partial charge >= 0.3 is 6.03 Å². The van der Waals surface area contributed by atoms with Crippen molar-refractivity contribution in [2.45, 2.75) is 37.6 Å². The van der Waals surface area contributed by atoms with Crippen molar-refractivity contribution < 1.29 is 18.0 Å². The van der Waals surface area contributed by atoms with Gasteiger partial charge in [0.1, 0.15) is 6.04 Å². The largest absolute Gasteiger partial charge is 0.374 e. The van der Waals surface area contributed by atoms with E-state index in [-0.39, 0.29) is 11.8 Å². The smallest absolute Gasteiger partial charge is 0.321 e. The summed E-state index contributed by atoms with van der Waals surface area (Å²) >= 11 is 0. The van der Waals surface area contributed by atoms with Crippen LogP contribution < -0.4 is 16.0 Å². The highest BCUT2D eigenvalue weighted by Crippen LogP contribution is 2.18. The summed E-state index contributed by atoms with van der Waals surface area (Å²) in [7, 11) is -3.07. The van der Waals surface area contributed by atoms with Gasteiger partial charge < -0.3 is 10.6 Å². The highest BCUT2D eigenvalue weighted by atomic mass is 32.2. The topological polar surface area (TPSA) is 104 Å². The van der Waals surface area contributed by atoms with E-state index in [4.69, 9.17) is 0 Å². The minimum Gasteiger partial charge on any atom is -0.374 e. The molecular weight excluding hydrogens is 318 g/mol. The zero-order chi connectivity index (χ0) is 17.0. The Morgan fingerprint density at radius 1 is 1.22 bits per heavy atom. The Bertz CT molecular complexity index is 681. The molecule has 7 nitrogen and oxygen atoms in total. The molecule has 1 atom stereocenters. The van der Waals surface area contributed by atoms with Crippen molar-refractivity contribution in [3.05, 3.63) is 29.8 Å². The minimum absolute atomic E-state index is 0.0232. The maximum Gasteiger partial charge on any atom is 0.321 e. The molecule has 1 aromatic rings. The number of rotatable bonds is 6. The molecule has 1 saturated carbocycles. The van der Waals surface area contributed by atoms with Gasteiger partial charge in [-0.15, -0.1) is 0 Å². The van der Waals surface area contributed by atoms with Gasteiger partial charge in [0.25, 0.3) is 0 Å². The minimum atomic E-state index is -3.07. The molecule has 8 heteroatoms. The molecule has 126 valence electrons. The monoisotopic (exact) mass is 339 g/mol. The molecule has 0 radical (unpaired) electrons. The molecule has 3 N–H and O–H groups in total. The quantitative estimate of drug-likeness (QED) is 0.718. The summed E-state index contributed by atoms with van der Waals surface area (Å²) in [6.07, 6.45) is 3.09. The lowest BCUT2D eigenvalue weighted by atomic mass is 10.2. The number of carbonyl (C=O) groups is 2. The van der Waals surface area contributed by atoms with E-state index in [9.17, 15) is 18.0 Å². The van der Waals surface area contributed by atoms with Crippen molar-refractivity contribution in [1.29, 1.82) is 0 Å². The Labute approximate surface area is 135 Å². The van der Waals surface area contributed by atoms with E-state index in [0.29, 0.717) is 11.3 Å². The van der Waals surface area contributed by atoms with Crippen LogP contribution in [0, 0.1) is 0 Å². The van der Waals surface area contributed by atoms with E-state index >= 15 is 0 Å². The normalized spacial score (nSPS) is 15.6. The Kier molecular flexibility index (Phi) is 5.25. The van der Waals surface area contributed by atoms with Crippen molar-refractivity contribution >= 4 is 27.5 Å². The molecule has 1 aliphatic rings. The summed E-state index contributed by atoms with van der Waals surface area (Å²) in [5.41, 5.74) is 1.35. The lowest BCUT2D eigenvalue weighted by Crippen LogP contribution is -2.46. The van der Waals surface area contributed by atoms with Crippen LogP contribution in [0.4, 0.5) is 10.5 Å². The molecule has 1 fully saturated rings. The van der Waals surface area contributed by atoms with E-state index in [1.165, 1.54) is 6.26 Å². The first-order valence-electron chi connectivity index (χ1n) is 7.37. The molecule has 0 aromatic heterocycles. The Morgan fingerprint density at radius 3 is 2.35 bits per heavy atom. The van der Waals surface area contributed by atoms with E-state index in [2.05, 4.69) is 16.0 Å². The zero-order valence-corrected chi connectivity index (χ0v) is 13.9. The fourth-order valence-corrected chi connectivity index (χ4v) is 2.78. The first-order chi connectivity index (χ1) is 10.7. The molecule has 1 aromatic carbocycles. The molecule has 0 unspecified atom stereocenters. The summed E-state index contributed by atoms with van der Waals surface area (Å²) < 4.78 is 22.5. The predicted molar refractivity (Wildman–Crippen MR) is 87.8 cm³/mol. The SMILES string of the molecule is C[C@H](Nc1ccc(CS(C)(=O)=O)cc1)C(=O)NC(=O)NC1CC1. The number of sulfone groups is 1. The van der Waals surface area contributed by atoms with Crippen molar-refractivity contribution in [2.75, 3.05) is 11.6 Å². The third kappa shape index (κ3) is 6.27. The van der Waals surface area contributed by atoms with Crippen LogP contribution in [0.5, 0.6) is 0 Å². The Hall–Kier alpha value is -2.09. The van der Waals surface area contributed by atoms with Gasteiger partial charge in [0.05, 0.1) is 5.75 Å². The molecule has 1 aliphatic carbocycles. The lowest BCUT2D eigenvalue weighted by Gasteiger charge is -2.15. The number of carbonyl (C=O) groups excluding carboxylic acids is 2. The number of benzene rings is 1. The van der Waals surface area contributed by atoms with E-state index in [1.807, 2.05) is 0 Å². The number of hydrogen-bond donors (Lipinski definition) is 3. The molecular formula is C15H21N3O4S. The van der Waals surface area contributed by atoms with Gasteiger partial charge in [-0.3, -0.25) is 10.1 Å². The predicted octanol–water partition coefficient (Wildman–Crippen LogP) is 1.02. The van der Waals surface area contributed by atoms with Gasteiger partial charge in [0.2, 0.25) is 5.91 Å². The van der Waals surface area contributed by atoms with Crippen LogP contribution in [0.1, 0.15) is 25.3 Å². The first kappa shape index (κ1) is 17.3. The average molecular weight is 339 g/mol. The maximum atomic E-state index is 11.9. The number of imide groups is 1. The van der Waals surface area contributed by atoms with Crippen LogP contribution in [-0.2, 0) is 20.4 Å². The third-order valence-electron chi connectivity index (χ3n) is 3.31. The van der Waals surface area contributed by atoms with Crippen molar-refractivity contribution in [3.63, 3.8) is 0 Å². The Balaban J connectivity index is 1.84. The summed E-state index contributed by atoms with van der Waals surface area (Å²) in [5, 5.41) is 7.92. The van der Waals surface area contributed by atoms with Crippen LogP contribution in [0.2, 0.25) is 0 Å². The lowest BCUT2D eigenvalue weighted by molar-refractivity contribution is -0.120. The first-order valence-corrected chi connectivity index (χ1v) is 9.43. The standard InChI is InChI=1S/C15H21N3O4S/c1-10(14(19)18-15(20)17-13-7-8-13)16-12-5-3-11(4-6-12)9-23(2,21)22/h3-6,10,13,16H,7-9H2,1-2H3,(H2,17,18,19,20)/t10-/m0/s1. The third-order valence-corrected chi connectivity index (χ3v) is 4.17. The van der Waals surface area contributed by atoms with Crippen LogP contribution in [0.3, 0.4) is 0 Å². The van der Waals surface area contributed by atoms with Crippen LogP contribution in [0.15, 0.2) is 24.3 Å².